The molecular formula is C13H18F3NO2. The first kappa shape index (κ1) is 14.4. The number of aliphatic carboxylic acids is 1. The lowest BCUT2D eigenvalue weighted by atomic mass is 9.74. The van der Waals surface area contributed by atoms with E-state index in [2.05, 4.69) is 11.4 Å². The van der Waals surface area contributed by atoms with Crippen molar-refractivity contribution in [2.24, 2.45) is 11.3 Å². The Morgan fingerprint density at radius 3 is 2.21 bits per heavy atom. The SMILES string of the molecule is C1=C(C2CCC2)CC2(C1)C[NH2+]C2.O=C([O-])C(F)(F)F. The van der Waals surface area contributed by atoms with Crippen LogP contribution in [0, 0.1) is 11.3 Å². The lowest BCUT2D eigenvalue weighted by Gasteiger charge is -2.36. The summed E-state index contributed by atoms with van der Waals surface area (Å²) >= 11 is 0. The van der Waals surface area contributed by atoms with E-state index in [9.17, 15) is 13.2 Å². The highest BCUT2D eigenvalue weighted by molar-refractivity contribution is 5.70. The molecular weight excluding hydrogens is 259 g/mol. The van der Waals surface area contributed by atoms with Gasteiger partial charge < -0.3 is 15.2 Å². The summed E-state index contributed by atoms with van der Waals surface area (Å²) in [7, 11) is 0. The number of carboxylic acids is 1. The number of carbonyl (C=O) groups excluding carboxylic acids is 1. The van der Waals surface area contributed by atoms with Crippen molar-refractivity contribution in [3.05, 3.63) is 11.6 Å². The third-order valence-electron chi connectivity index (χ3n) is 4.39. The van der Waals surface area contributed by atoms with E-state index in [-0.39, 0.29) is 0 Å². The summed E-state index contributed by atoms with van der Waals surface area (Å²) in [5.41, 5.74) is 2.58. The van der Waals surface area contributed by atoms with Crippen LogP contribution in [0.25, 0.3) is 0 Å². The molecule has 108 valence electrons. The van der Waals surface area contributed by atoms with Crippen molar-refractivity contribution in [3.63, 3.8) is 0 Å². The molecule has 2 fully saturated rings. The summed E-state index contributed by atoms with van der Waals surface area (Å²) in [5, 5.41) is 11.2. The lowest BCUT2D eigenvalue weighted by Crippen LogP contribution is -2.99. The maximum Gasteiger partial charge on any atom is 0.430 e. The first-order valence-corrected chi connectivity index (χ1v) is 6.61. The van der Waals surface area contributed by atoms with E-state index in [4.69, 9.17) is 9.90 Å². The number of carboxylic acid groups (broad SMARTS) is 1. The molecule has 19 heavy (non-hydrogen) atoms. The third kappa shape index (κ3) is 3.29. The van der Waals surface area contributed by atoms with Gasteiger partial charge in [0, 0.05) is 0 Å². The maximum absolute atomic E-state index is 10.5. The molecule has 0 aromatic carbocycles. The monoisotopic (exact) mass is 277 g/mol. The van der Waals surface area contributed by atoms with Crippen LogP contribution >= 0.6 is 0 Å². The largest absolute Gasteiger partial charge is 0.542 e. The second-order valence-corrected chi connectivity index (χ2v) is 5.77. The normalized spacial score (nSPS) is 24.9. The van der Waals surface area contributed by atoms with Gasteiger partial charge in [0.25, 0.3) is 0 Å². The maximum atomic E-state index is 10.5. The van der Waals surface area contributed by atoms with Gasteiger partial charge in [-0.3, -0.25) is 0 Å². The van der Waals surface area contributed by atoms with Gasteiger partial charge in [0.05, 0.1) is 18.5 Å². The number of quaternary nitrogens is 1. The van der Waals surface area contributed by atoms with E-state index in [0.29, 0.717) is 0 Å². The summed E-state index contributed by atoms with van der Waals surface area (Å²) in [6.45, 7) is 2.80. The van der Waals surface area contributed by atoms with Gasteiger partial charge in [-0.25, -0.2) is 0 Å². The van der Waals surface area contributed by atoms with Crippen LogP contribution in [0.4, 0.5) is 13.2 Å². The van der Waals surface area contributed by atoms with Gasteiger partial charge in [-0.15, -0.1) is 0 Å². The highest BCUT2D eigenvalue weighted by Crippen LogP contribution is 2.45. The van der Waals surface area contributed by atoms with E-state index < -0.39 is 12.1 Å². The highest BCUT2D eigenvalue weighted by atomic mass is 19.4. The van der Waals surface area contributed by atoms with Crippen molar-refractivity contribution < 1.29 is 28.4 Å². The van der Waals surface area contributed by atoms with E-state index in [1.165, 1.54) is 45.2 Å². The first-order valence-electron chi connectivity index (χ1n) is 6.61. The van der Waals surface area contributed by atoms with E-state index in [1.807, 2.05) is 5.57 Å². The van der Waals surface area contributed by atoms with E-state index in [0.717, 1.165) is 11.3 Å². The van der Waals surface area contributed by atoms with Gasteiger partial charge in [0.15, 0.2) is 0 Å². The molecule has 2 N–H and O–H groups in total. The number of hydrogen-bond acceptors (Lipinski definition) is 2. The Morgan fingerprint density at radius 1 is 1.37 bits per heavy atom. The van der Waals surface area contributed by atoms with Crippen LogP contribution in [-0.2, 0) is 4.79 Å². The minimum Gasteiger partial charge on any atom is -0.542 e. The van der Waals surface area contributed by atoms with Gasteiger partial charge in [0.1, 0.15) is 5.97 Å². The Balaban J connectivity index is 0.000000167. The fourth-order valence-corrected chi connectivity index (χ4v) is 2.88. The molecule has 3 aliphatic rings. The van der Waals surface area contributed by atoms with Gasteiger partial charge in [-0.05, 0) is 31.6 Å². The zero-order valence-corrected chi connectivity index (χ0v) is 10.6. The van der Waals surface area contributed by atoms with Gasteiger partial charge in [0.2, 0.25) is 0 Å². The standard InChI is InChI=1S/C11H17N.C2HF3O2/c1-2-9(3-1)10-4-5-11(6-10)7-12-8-11;3-2(4,5)1(6)7/h4,9,12H,1-3,5-8H2;(H,6,7). The zero-order valence-electron chi connectivity index (χ0n) is 10.6. The van der Waals surface area contributed by atoms with Crippen LogP contribution in [0.3, 0.4) is 0 Å². The minimum atomic E-state index is -5.19. The molecule has 0 radical (unpaired) electrons. The molecule has 1 heterocycles. The summed E-state index contributed by atoms with van der Waals surface area (Å²) in [5.74, 6) is -1.99. The molecule has 0 unspecified atom stereocenters. The Morgan fingerprint density at radius 2 is 1.95 bits per heavy atom. The van der Waals surface area contributed by atoms with Crippen LogP contribution in [0.2, 0.25) is 0 Å². The summed E-state index contributed by atoms with van der Waals surface area (Å²) in [6, 6.07) is 0. The predicted octanol–water partition coefficient (Wildman–Crippen LogP) is 0.369. The molecule has 1 aliphatic heterocycles. The molecule has 0 bridgehead atoms. The van der Waals surface area contributed by atoms with Gasteiger partial charge >= 0.3 is 6.18 Å². The van der Waals surface area contributed by atoms with Crippen molar-refractivity contribution >= 4 is 5.97 Å². The van der Waals surface area contributed by atoms with Crippen LogP contribution in [0.1, 0.15) is 32.1 Å². The van der Waals surface area contributed by atoms with Crippen molar-refractivity contribution in [2.75, 3.05) is 13.1 Å². The van der Waals surface area contributed by atoms with Crippen LogP contribution in [0.5, 0.6) is 0 Å². The number of nitrogens with two attached hydrogens (primary N) is 1. The van der Waals surface area contributed by atoms with Crippen molar-refractivity contribution in [1.82, 2.24) is 0 Å². The number of hydrogen-bond donors (Lipinski definition) is 1. The number of halogens is 3. The van der Waals surface area contributed by atoms with Crippen LogP contribution in [-0.4, -0.2) is 25.2 Å². The summed E-state index contributed by atoms with van der Waals surface area (Å²) < 4.78 is 31.5. The third-order valence-corrected chi connectivity index (χ3v) is 4.39. The summed E-state index contributed by atoms with van der Waals surface area (Å²) in [6.07, 6.45) is 4.69. The molecule has 0 amide bonds. The fourth-order valence-electron chi connectivity index (χ4n) is 2.88. The second-order valence-electron chi connectivity index (χ2n) is 5.77. The van der Waals surface area contributed by atoms with E-state index >= 15 is 0 Å². The second kappa shape index (κ2) is 5.15. The molecule has 3 nitrogen and oxygen atoms in total. The molecule has 1 saturated heterocycles. The zero-order chi connectivity index (χ0) is 14.1. The van der Waals surface area contributed by atoms with Gasteiger partial charge in [-0.2, -0.15) is 13.2 Å². The molecule has 0 aromatic rings. The topological polar surface area (TPSA) is 56.7 Å². The smallest absolute Gasteiger partial charge is 0.430 e. The molecule has 0 aromatic heterocycles. The number of alkyl halides is 3. The van der Waals surface area contributed by atoms with Crippen LogP contribution in [0.15, 0.2) is 11.6 Å². The van der Waals surface area contributed by atoms with Crippen LogP contribution < -0.4 is 10.4 Å². The average Bonchev–Trinajstić information content (AvgIpc) is 2.58. The van der Waals surface area contributed by atoms with Crippen molar-refractivity contribution in [1.29, 1.82) is 0 Å². The number of rotatable bonds is 1. The predicted molar refractivity (Wildman–Crippen MR) is 59.8 cm³/mol. The van der Waals surface area contributed by atoms with Crippen molar-refractivity contribution in [3.8, 4) is 0 Å². The van der Waals surface area contributed by atoms with Gasteiger partial charge in [-0.1, -0.05) is 18.1 Å². The molecule has 3 rings (SSSR count). The van der Waals surface area contributed by atoms with E-state index in [1.54, 1.807) is 0 Å². The fraction of sp³-hybridized carbons (Fsp3) is 0.769. The molecule has 1 spiro atoms. The average molecular weight is 277 g/mol. The molecule has 0 atom stereocenters. The Hall–Kier alpha value is -1.04. The molecule has 1 saturated carbocycles. The minimum absolute atomic E-state index is 0.755. The summed E-state index contributed by atoms with van der Waals surface area (Å²) in [4.78, 5) is 8.78. The molecule has 6 heteroatoms. The number of carbonyl (C=O) groups is 1. The lowest BCUT2D eigenvalue weighted by molar-refractivity contribution is -0.740. The Labute approximate surface area is 109 Å². The number of allylic oxidation sites excluding steroid dienone is 2. The first-order chi connectivity index (χ1) is 8.82. The molecule has 2 aliphatic carbocycles. The quantitative estimate of drug-likeness (QED) is 0.704. The van der Waals surface area contributed by atoms with Crippen molar-refractivity contribution in [2.45, 2.75) is 38.3 Å². The highest BCUT2D eigenvalue weighted by Gasteiger charge is 2.45. The Kier molecular flexibility index (Phi) is 3.90. The Bertz CT molecular complexity index is 382.